The molecule has 5 fully saturated rings. The van der Waals surface area contributed by atoms with Crippen LogP contribution < -0.4 is 5.32 Å². The van der Waals surface area contributed by atoms with Crippen molar-refractivity contribution in [2.75, 3.05) is 19.7 Å². The molecule has 0 aromatic rings. The summed E-state index contributed by atoms with van der Waals surface area (Å²) in [6, 6.07) is 0. The molecule has 0 radical (unpaired) electrons. The number of ketones is 2. The zero-order valence-electron chi connectivity index (χ0n) is 18.4. The molecule has 6 heteroatoms. The van der Waals surface area contributed by atoms with Crippen LogP contribution in [-0.2, 0) is 14.4 Å². The predicted molar refractivity (Wildman–Crippen MR) is 113 cm³/mol. The summed E-state index contributed by atoms with van der Waals surface area (Å²) in [5.41, 5.74) is 0.739. The summed E-state index contributed by atoms with van der Waals surface area (Å²) in [6.45, 7) is 6.17. The fourth-order valence-corrected chi connectivity index (χ4v) is 7.91. The highest BCUT2D eigenvalue weighted by Crippen LogP contribution is 2.65. The number of hydrogen-bond donors (Lipinski definition) is 2. The third-order valence-electron chi connectivity index (χ3n) is 9.80. The first kappa shape index (κ1) is 20.6. The fraction of sp³-hybridized carbons (Fsp3) is 0.875. The first-order chi connectivity index (χ1) is 14.4. The maximum absolute atomic E-state index is 13.7. The Morgan fingerprint density at radius 2 is 1.93 bits per heavy atom. The average Bonchev–Trinajstić information content (AvgIpc) is 3.36. The minimum absolute atomic E-state index is 0.0207. The number of aliphatic hydroxyl groups is 1. The van der Waals surface area contributed by atoms with Gasteiger partial charge in [0.15, 0.2) is 0 Å². The van der Waals surface area contributed by atoms with E-state index >= 15 is 0 Å². The monoisotopic (exact) mass is 416 g/mol. The summed E-state index contributed by atoms with van der Waals surface area (Å²) in [7, 11) is 0. The van der Waals surface area contributed by atoms with Gasteiger partial charge >= 0.3 is 0 Å². The van der Waals surface area contributed by atoms with Crippen molar-refractivity contribution >= 4 is 17.3 Å². The van der Waals surface area contributed by atoms with Crippen LogP contribution in [0.4, 0.5) is 0 Å². The standard InChI is InChI=1S/C24H36N2O4/c1-23-8-5-14(26-30-15-7-10-25-12-15)11-19(23)16(13-27)22(29)21-17-3-4-20(28)24(17,2)9-6-18(21)23/h15-19,21,25,27H,3-13H2,1-2H3. The molecule has 166 valence electrons. The first-order valence-corrected chi connectivity index (χ1v) is 12.0. The molecule has 0 aromatic heterocycles. The number of carbonyl (C=O) groups is 2. The van der Waals surface area contributed by atoms with E-state index in [1.165, 1.54) is 0 Å². The summed E-state index contributed by atoms with van der Waals surface area (Å²) in [6.07, 6.45) is 7.10. The molecule has 8 atom stereocenters. The topological polar surface area (TPSA) is 88.0 Å². The van der Waals surface area contributed by atoms with Gasteiger partial charge in [-0.05, 0) is 68.2 Å². The van der Waals surface area contributed by atoms with Gasteiger partial charge in [0.05, 0.1) is 12.3 Å². The molecule has 30 heavy (non-hydrogen) atoms. The summed E-state index contributed by atoms with van der Waals surface area (Å²) in [5.74, 6) is 0.775. The lowest BCUT2D eigenvalue weighted by molar-refractivity contribution is -0.166. The molecule has 1 saturated heterocycles. The van der Waals surface area contributed by atoms with Gasteiger partial charge in [-0.2, -0.15) is 0 Å². The van der Waals surface area contributed by atoms with Gasteiger partial charge in [-0.1, -0.05) is 19.0 Å². The molecule has 1 aliphatic heterocycles. The van der Waals surface area contributed by atoms with E-state index in [4.69, 9.17) is 4.84 Å². The Morgan fingerprint density at radius 3 is 2.67 bits per heavy atom. The lowest BCUT2D eigenvalue weighted by atomic mass is 9.43. The van der Waals surface area contributed by atoms with E-state index in [1.807, 2.05) is 0 Å². The maximum Gasteiger partial charge on any atom is 0.142 e. The molecule has 4 saturated carbocycles. The molecule has 0 bridgehead atoms. The average molecular weight is 417 g/mol. The third-order valence-corrected chi connectivity index (χ3v) is 9.80. The SMILES string of the molecule is CC12CCC3C(C(=O)C(CO)C4CC(=NOC5CCNC5)CCC43C)C1CCC2=O. The molecule has 4 aliphatic carbocycles. The van der Waals surface area contributed by atoms with Crippen LogP contribution in [-0.4, -0.2) is 48.2 Å². The van der Waals surface area contributed by atoms with Crippen molar-refractivity contribution in [2.45, 2.75) is 71.3 Å². The predicted octanol–water partition coefficient (Wildman–Crippen LogP) is 2.73. The van der Waals surface area contributed by atoms with Crippen LogP contribution in [0.5, 0.6) is 0 Å². The zero-order valence-corrected chi connectivity index (χ0v) is 18.4. The molecule has 8 unspecified atom stereocenters. The molecular weight excluding hydrogens is 380 g/mol. The number of fused-ring (bicyclic) bond motifs is 5. The van der Waals surface area contributed by atoms with Crippen molar-refractivity contribution < 1.29 is 19.5 Å². The van der Waals surface area contributed by atoms with E-state index < -0.39 is 0 Å². The number of Topliss-reactive ketones (excluding diaryl/α,β-unsaturated/α-hetero) is 2. The van der Waals surface area contributed by atoms with E-state index in [9.17, 15) is 14.7 Å². The lowest BCUT2D eigenvalue weighted by Crippen LogP contribution is -2.61. The van der Waals surface area contributed by atoms with E-state index in [1.54, 1.807) is 0 Å². The van der Waals surface area contributed by atoms with Crippen molar-refractivity contribution in [3.63, 3.8) is 0 Å². The van der Waals surface area contributed by atoms with Crippen molar-refractivity contribution in [1.29, 1.82) is 0 Å². The summed E-state index contributed by atoms with van der Waals surface area (Å²) in [4.78, 5) is 32.1. The molecule has 0 spiro atoms. The number of hydrogen-bond acceptors (Lipinski definition) is 6. The number of nitrogens with zero attached hydrogens (tertiary/aromatic N) is 1. The lowest BCUT2D eigenvalue weighted by Gasteiger charge is -2.60. The van der Waals surface area contributed by atoms with Crippen molar-refractivity contribution in [3.8, 4) is 0 Å². The Balaban J connectivity index is 1.42. The van der Waals surface area contributed by atoms with Crippen molar-refractivity contribution in [3.05, 3.63) is 0 Å². The van der Waals surface area contributed by atoms with Crippen LogP contribution in [0.15, 0.2) is 5.16 Å². The molecule has 1 heterocycles. The highest BCUT2D eigenvalue weighted by Gasteiger charge is 2.65. The molecule has 0 aromatic carbocycles. The highest BCUT2D eigenvalue weighted by atomic mass is 16.6. The van der Waals surface area contributed by atoms with Gasteiger partial charge in [-0.25, -0.2) is 0 Å². The van der Waals surface area contributed by atoms with Crippen molar-refractivity contribution in [1.82, 2.24) is 5.32 Å². The quantitative estimate of drug-likeness (QED) is 0.691. The second-order valence-electron chi connectivity index (χ2n) is 11.0. The fourth-order valence-electron chi connectivity index (χ4n) is 7.91. The maximum atomic E-state index is 13.7. The molecule has 5 aliphatic rings. The number of carbonyl (C=O) groups excluding carboxylic acids is 2. The van der Waals surface area contributed by atoms with Crippen LogP contribution in [0, 0.1) is 40.4 Å². The Kier molecular flexibility index (Phi) is 5.09. The van der Waals surface area contributed by atoms with E-state index in [0.717, 1.165) is 63.7 Å². The summed E-state index contributed by atoms with van der Waals surface area (Å²) >= 11 is 0. The van der Waals surface area contributed by atoms with Crippen LogP contribution in [0.2, 0.25) is 0 Å². The van der Waals surface area contributed by atoms with Gasteiger partial charge in [0.25, 0.3) is 0 Å². The summed E-state index contributed by atoms with van der Waals surface area (Å²) in [5, 5.41) is 18.1. The Morgan fingerprint density at radius 1 is 1.10 bits per heavy atom. The zero-order chi connectivity index (χ0) is 21.1. The second kappa shape index (κ2) is 7.40. The number of nitrogens with one attached hydrogen (secondary N) is 1. The minimum atomic E-state index is -0.340. The highest BCUT2D eigenvalue weighted by molar-refractivity contribution is 5.93. The third kappa shape index (κ3) is 2.93. The van der Waals surface area contributed by atoms with Gasteiger partial charge < -0.3 is 15.3 Å². The molecule has 2 N–H and O–H groups in total. The van der Waals surface area contributed by atoms with Gasteiger partial charge in [0.1, 0.15) is 17.7 Å². The van der Waals surface area contributed by atoms with Crippen LogP contribution in [0.1, 0.15) is 65.2 Å². The Bertz CT molecular complexity index is 760. The van der Waals surface area contributed by atoms with E-state index in [0.29, 0.717) is 18.1 Å². The summed E-state index contributed by atoms with van der Waals surface area (Å²) < 4.78 is 0. The minimum Gasteiger partial charge on any atom is -0.396 e. The van der Waals surface area contributed by atoms with E-state index in [-0.39, 0.29) is 53.0 Å². The van der Waals surface area contributed by atoms with Crippen LogP contribution >= 0.6 is 0 Å². The number of rotatable bonds is 3. The van der Waals surface area contributed by atoms with Gasteiger partial charge in [0.2, 0.25) is 0 Å². The Hall–Kier alpha value is -1.27. The molecule has 5 rings (SSSR count). The largest absolute Gasteiger partial charge is 0.396 e. The smallest absolute Gasteiger partial charge is 0.142 e. The first-order valence-electron chi connectivity index (χ1n) is 12.0. The number of oxime groups is 1. The normalized spacial score (nSPS) is 49.6. The molecule has 0 amide bonds. The number of aliphatic hydroxyl groups excluding tert-OH is 1. The molecule has 6 nitrogen and oxygen atoms in total. The van der Waals surface area contributed by atoms with Gasteiger partial charge in [-0.3, -0.25) is 9.59 Å². The van der Waals surface area contributed by atoms with Crippen molar-refractivity contribution in [2.24, 2.45) is 45.6 Å². The molecular formula is C24H36N2O4. The van der Waals surface area contributed by atoms with E-state index in [2.05, 4.69) is 24.3 Å². The van der Waals surface area contributed by atoms with Crippen LogP contribution in [0.25, 0.3) is 0 Å². The second-order valence-corrected chi connectivity index (χ2v) is 11.0. The van der Waals surface area contributed by atoms with Gasteiger partial charge in [0, 0.05) is 36.6 Å². The Labute approximate surface area is 179 Å². The van der Waals surface area contributed by atoms with Gasteiger partial charge in [-0.15, -0.1) is 0 Å². The van der Waals surface area contributed by atoms with Crippen LogP contribution in [0.3, 0.4) is 0 Å².